The van der Waals surface area contributed by atoms with Gasteiger partial charge in [0.15, 0.2) is 0 Å². The maximum absolute atomic E-state index is 13.2. The molecular formula is C24H16ClF3N2O. The van der Waals surface area contributed by atoms with Crippen molar-refractivity contribution in [2.45, 2.75) is 13.1 Å². The first kappa shape index (κ1) is 20.9. The minimum absolute atomic E-state index is 0.0631. The quantitative estimate of drug-likeness (QED) is 0.368. The maximum atomic E-state index is 13.2. The molecule has 4 rings (SSSR count). The van der Waals surface area contributed by atoms with Gasteiger partial charge in [0.1, 0.15) is 0 Å². The summed E-state index contributed by atoms with van der Waals surface area (Å²) >= 11 is 5.99. The summed E-state index contributed by atoms with van der Waals surface area (Å²) in [7, 11) is 0. The number of aromatic nitrogens is 1. The lowest BCUT2D eigenvalue weighted by atomic mass is 9.97. The van der Waals surface area contributed by atoms with Crippen molar-refractivity contribution in [1.29, 1.82) is 0 Å². The number of nitrogens with one attached hydrogen (secondary N) is 1. The molecule has 156 valence electrons. The predicted octanol–water partition coefficient (Wildman–Crippen LogP) is 7.13. The largest absolute Gasteiger partial charge is 0.416 e. The van der Waals surface area contributed by atoms with Crippen molar-refractivity contribution in [2.24, 2.45) is 0 Å². The number of carbonyl (C=O) groups is 1. The van der Waals surface area contributed by atoms with Crippen LogP contribution in [0.3, 0.4) is 0 Å². The fourth-order valence-electron chi connectivity index (χ4n) is 3.46. The number of para-hydroxylation sites is 1. The van der Waals surface area contributed by atoms with Gasteiger partial charge in [-0.3, -0.25) is 4.79 Å². The lowest BCUT2D eigenvalue weighted by Gasteiger charge is -2.15. The Morgan fingerprint density at radius 2 is 1.68 bits per heavy atom. The van der Waals surface area contributed by atoms with Crippen LogP contribution >= 0.6 is 11.6 Å². The number of anilines is 1. The van der Waals surface area contributed by atoms with Crippen LogP contribution in [0, 0.1) is 6.92 Å². The Hall–Kier alpha value is -3.38. The minimum Gasteiger partial charge on any atom is -0.322 e. The molecule has 0 atom stereocenters. The number of alkyl halides is 3. The molecule has 0 unspecified atom stereocenters. The second-order valence-corrected chi connectivity index (χ2v) is 7.45. The zero-order valence-electron chi connectivity index (χ0n) is 16.3. The molecule has 1 aromatic heterocycles. The van der Waals surface area contributed by atoms with Gasteiger partial charge in [-0.1, -0.05) is 48.0 Å². The van der Waals surface area contributed by atoms with Gasteiger partial charge in [-0.05, 0) is 48.9 Å². The fourth-order valence-corrected chi connectivity index (χ4v) is 3.58. The summed E-state index contributed by atoms with van der Waals surface area (Å²) in [6.07, 6.45) is -4.50. The molecule has 0 bridgehead atoms. The molecule has 0 aliphatic rings. The number of hydrogen-bond acceptors (Lipinski definition) is 2. The Bertz CT molecular complexity index is 1280. The molecule has 3 nitrogen and oxygen atoms in total. The number of nitrogens with zero attached hydrogens (tertiary/aromatic N) is 1. The molecular weight excluding hydrogens is 425 g/mol. The number of benzene rings is 3. The van der Waals surface area contributed by atoms with Gasteiger partial charge in [-0.25, -0.2) is 4.98 Å². The number of halogens is 4. The van der Waals surface area contributed by atoms with Crippen LogP contribution in [0.2, 0.25) is 5.02 Å². The zero-order chi connectivity index (χ0) is 22.2. The molecule has 1 N–H and O–H groups in total. The van der Waals surface area contributed by atoms with Crippen LogP contribution in [0.15, 0.2) is 72.8 Å². The third kappa shape index (κ3) is 4.25. The second-order valence-electron chi connectivity index (χ2n) is 7.02. The summed E-state index contributed by atoms with van der Waals surface area (Å²) in [5, 5.41) is 3.79. The van der Waals surface area contributed by atoms with Crippen LogP contribution in [-0.2, 0) is 6.18 Å². The van der Waals surface area contributed by atoms with E-state index in [1.165, 1.54) is 12.1 Å². The molecule has 3 aromatic carbocycles. The van der Waals surface area contributed by atoms with Gasteiger partial charge in [0.05, 0.1) is 22.3 Å². The third-order valence-electron chi connectivity index (χ3n) is 4.93. The number of carbonyl (C=O) groups excluding carboxylic acids is 1. The van der Waals surface area contributed by atoms with Gasteiger partial charge in [0.25, 0.3) is 5.91 Å². The summed E-state index contributed by atoms with van der Waals surface area (Å²) in [6, 6.07) is 18.8. The highest BCUT2D eigenvalue weighted by Crippen LogP contribution is 2.33. The minimum atomic E-state index is -4.50. The normalized spacial score (nSPS) is 11.5. The van der Waals surface area contributed by atoms with E-state index in [1.807, 2.05) is 6.07 Å². The molecule has 1 amide bonds. The Kier molecular flexibility index (Phi) is 5.41. The summed E-state index contributed by atoms with van der Waals surface area (Å²) < 4.78 is 39.1. The Morgan fingerprint density at radius 1 is 0.968 bits per heavy atom. The van der Waals surface area contributed by atoms with Crippen molar-refractivity contribution in [3.8, 4) is 11.3 Å². The Morgan fingerprint density at radius 3 is 2.39 bits per heavy atom. The van der Waals surface area contributed by atoms with Crippen molar-refractivity contribution in [3.05, 3.63) is 94.5 Å². The summed E-state index contributed by atoms with van der Waals surface area (Å²) in [5.41, 5.74) is 2.19. The molecule has 0 aliphatic carbocycles. The van der Waals surface area contributed by atoms with E-state index in [1.54, 1.807) is 49.4 Å². The van der Waals surface area contributed by atoms with E-state index in [0.29, 0.717) is 32.7 Å². The van der Waals surface area contributed by atoms with E-state index >= 15 is 0 Å². The molecule has 7 heteroatoms. The molecule has 4 aromatic rings. The molecule has 0 spiro atoms. The zero-order valence-corrected chi connectivity index (χ0v) is 17.1. The van der Waals surface area contributed by atoms with Crippen LogP contribution in [0.1, 0.15) is 21.5 Å². The summed E-state index contributed by atoms with van der Waals surface area (Å²) in [6.45, 7) is 1.77. The van der Waals surface area contributed by atoms with Crippen molar-refractivity contribution in [2.75, 3.05) is 5.32 Å². The number of amides is 1. The van der Waals surface area contributed by atoms with Crippen molar-refractivity contribution in [1.82, 2.24) is 4.98 Å². The average molecular weight is 441 g/mol. The third-order valence-corrected chi connectivity index (χ3v) is 5.18. The molecule has 0 saturated carbocycles. The molecule has 0 saturated heterocycles. The van der Waals surface area contributed by atoms with Gasteiger partial charge < -0.3 is 5.32 Å². The highest BCUT2D eigenvalue weighted by molar-refractivity contribution is 6.30. The molecule has 0 aliphatic heterocycles. The van der Waals surface area contributed by atoms with E-state index < -0.39 is 17.6 Å². The second kappa shape index (κ2) is 8.04. The van der Waals surface area contributed by atoms with Gasteiger partial charge >= 0.3 is 6.18 Å². The molecule has 0 fully saturated rings. The molecule has 1 heterocycles. The van der Waals surface area contributed by atoms with E-state index in [-0.39, 0.29) is 5.69 Å². The first-order valence-corrected chi connectivity index (χ1v) is 9.76. The number of rotatable bonds is 3. The summed E-state index contributed by atoms with van der Waals surface area (Å²) in [4.78, 5) is 17.9. The van der Waals surface area contributed by atoms with Crippen molar-refractivity contribution >= 4 is 34.1 Å². The summed E-state index contributed by atoms with van der Waals surface area (Å²) in [5.74, 6) is -0.509. The van der Waals surface area contributed by atoms with Crippen LogP contribution in [0.25, 0.3) is 22.2 Å². The highest BCUT2D eigenvalue weighted by Gasteiger charge is 2.30. The average Bonchev–Trinajstić information content (AvgIpc) is 2.73. The Labute approximate surface area is 181 Å². The van der Waals surface area contributed by atoms with Gasteiger partial charge in [0.2, 0.25) is 0 Å². The van der Waals surface area contributed by atoms with Crippen molar-refractivity contribution in [3.63, 3.8) is 0 Å². The van der Waals surface area contributed by atoms with Crippen LogP contribution < -0.4 is 5.32 Å². The standard InChI is InChI=1S/C24H16ClF3N2O/c1-14-21(23(31)29-18-6-4-5-16(13-18)24(26,27)28)19-7-2-3-8-20(19)30-22(14)15-9-11-17(25)12-10-15/h2-13H,1H3,(H,29,31). The van der Waals surface area contributed by atoms with Crippen LogP contribution in [0.5, 0.6) is 0 Å². The van der Waals surface area contributed by atoms with E-state index in [2.05, 4.69) is 5.32 Å². The van der Waals surface area contributed by atoms with Crippen molar-refractivity contribution < 1.29 is 18.0 Å². The number of hydrogen-bond donors (Lipinski definition) is 1. The number of fused-ring (bicyclic) bond motifs is 1. The highest BCUT2D eigenvalue weighted by atomic mass is 35.5. The SMILES string of the molecule is Cc1c(-c2ccc(Cl)cc2)nc2ccccc2c1C(=O)Nc1cccc(C(F)(F)F)c1. The van der Waals surface area contributed by atoms with Gasteiger partial charge in [-0.15, -0.1) is 0 Å². The van der Waals surface area contributed by atoms with Gasteiger partial charge in [-0.2, -0.15) is 13.2 Å². The molecule has 0 radical (unpaired) electrons. The monoisotopic (exact) mass is 440 g/mol. The lowest BCUT2D eigenvalue weighted by molar-refractivity contribution is -0.137. The first-order chi connectivity index (χ1) is 14.7. The Balaban J connectivity index is 1.82. The van der Waals surface area contributed by atoms with Crippen LogP contribution in [-0.4, -0.2) is 10.9 Å². The molecule has 31 heavy (non-hydrogen) atoms. The van der Waals surface area contributed by atoms with Crippen LogP contribution in [0.4, 0.5) is 18.9 Å². The maximum Gasteiger partial charge on any atom is 0.416 e. The predicted molar refractivity (Wildman–Crippen MR) is 116 cm³/mol. The number of pyridine rings is 1. The fraction of sp³-hybridized carbons (Fsp3) is 0.0833. The van der Waals surface area contributed by atoms with E-state index in [0.717, 1.165) is 17.7 Å². The van der Waals surface area contributed by atoms with Gasteiger partial charge in [0, 0.05) is 21.7 Å². The first-order valence-electron chi connectivity index (χ1n) is 9.38. The smallest absolute Gasteiger partial charge is 0.322 e. The topological polar surface area (TPSA) is 42.0 Å². The van der Waals surface area contributed by atoms with E-state index in [4.69, 9.17) is 16.6 Å². The van der Waals surface area contributed by atoms with E-state index in [9.17, 15) is 18.0 Å². The lowest BCUT2D eigenvalue weighted by Crippen LogP contribution is -2.16.